The van der Waals surface area contributed by atoms with Gasteiger partial charge in [0.25, 0.3) is 11.5 Å². The summed E-state index contributed by atoms with van der Waals surface area (Å²) in [5, 5.41) is 1.70. The smallest absolute Gasteiger partial charge is 0.258 e. The van der Waals surface area contributed by atoms with Crippen LogP contribution in [-0.2, 0) is 17.8 Å². The summed E-state index contributed by atoms with van der Waals surface area (Å²) >= 11 is 0. The number of amides is 1. The minimum absolute atomic E-state index is 0. The summed E-state index contributed by atoms with van der Waals surface area (Å²) in [5.41, 5.74) is 1.88. The molecule has 1 amide bonds. The normalized spacial score (nSPS) is 13.0. The van der Waals surface area contributed by atoms with Crippen molar-refractivity contribution in [3.8, 4) is 5.75 Å². The van der Waals surface area contributed by atoms with Gasteiger partial charge in [-0.2, -0.15) is 0 Å². The second-order valence-corrected chi connectivity index (χ2v) is 9.66. The van der Waals surface area contributed by atoms with Crippen LogP contribution in [-0.4, -0.2) is 71.3 Å². The van der Waals surface area contributed by atoms with E-state index in [1.54, 1.807) is 17.0 Å². The van der Waals surface area contributed by atoms with Gasteiger partial charge in [0.05, 0.1) is 19.8 Å². The maximum Gasteiger partial charge on any atom is 0.258 e. The molecule has 0 spiro atoms. The maximum absolute atomic E-state index is 13.0. The molecule has 0 atom stereocenters. The fourth-order valence-electron chi connectivity index (χ4n) is 4.79. The molecular weight excluding hydrogens is 563 g/mol. The second-order valence-electron chi connectivity index (χ2n) is 9.66. The molecule has 41 heavy (non-hydrogen) atoms. The van der Waals surface area contributed by atoms with Crippen molar-refractivity contribution in [2.24, 2.45) is 0 Å². The maximum atomic E-state index is 13.0. The number of morpholine rings is 1. The van der Waals surface area contributed by atoms with Crippen LogP contribution in [0, 0.1) is 0 Å². The van der Waals surface area contributed by atoms with Gasteiger partial charge >= 0.3 is 0 Å². The van der Waals surface area contributed by atoms with E-state index < -0.39 is 0 Å². The number of rotatable bonds is 11. The highest BCUT2D eigenvalue weighted by atomic mass is 35.5. The molecule has 1 aliphatic heterocycles. The predicted molar refractivity (Wildman–Crippen MR) is 165 cm³/mol. The zero-order chi connectivity index (χ0) is 26.9. The first-order valence-corrected chi connectivity index (χ1v) is 13.5. The van der Waals surface area contributed by atoms with Crippen molar-refractivity contribution in [2.75, 3.05) is 46.0 Å². The zero-order valence-corrected chi connectivity index (χ0v) is 24.5. The quantitative estimate of drug-likeness (QED) is 0.233. The third-order valence-electron chi connectivity index (χ3n) is 6.99. The number of hydrogen-bond donors (Lipinski definition) is 0. The van der Waals surface area contributed by atoms with Gasteiger partial charge in [-0.25, -0.2) is 0 Å². The van der Waals surface area contributed by atoms with Gasteiger partial charge in [0.15, 0.2) is 0 Å². The lowest BCUT2D eigenvalue weighted by atomic mass is 10.2. The first kappa shape index (κ1) is 32.1. The lowest BCUT2D eigenvalue weighted by molar-refractivity contribution is 0.0303. The van der Waals surface area contributed by atoms with Crippen molar-refractivity contribution in [1.82, 2.24) is 19.4 Å². The molecule has 0 unspecified atom stereocenters. The van der Waals surface area contributed by atoms with Crippen LogP contribution in [0.2, 0.25) is 0 Å². The molecule has 218 valence electrons. The van der Waals surface area contributed by atoms with Crippen LogP contribution in [0.4, 0.5) is 0 Å². The van der Waals surface area contributed by atoms with Gasteiger partial charge in [0.1, 0.15) is 5.75 Å². The number of pyridine rings is 2. The van der Waals surface area contributed by atoms with E-state index in [2.05, 4.69) is 9.88 Å². The first-order chi connectivity index (χ1) is 19.2. The Labute approximate surface area is 252 Å². The SMILES string of the molecule is Cl.Cl.O=C(c1ccc(OCCCN(CCn2ccc3ccccc3c2=O)Cc2ccncc2)cc1)N1CCOCC1. The van der Waals surface area contributed by atoms with Crippen LogP contribution in [0.1, 0.15) is 22.3 Å². The highest BCUT2D eigenvalue weighted by Crippen LogP contribution is 2.15. The third kappa shape index (κ3) is 8.78. The van der Waals surface area contributed by atoms with Crippen LogP contribution in [0.15, 0.2) is 90.1 Å². The second kappa shape index (κ2) is 16.1. The molecule has 4 aromatic rings. The average molecular weight is 600 g/mol. The lowest BCUT2D eigenvalue weighted by Crippen LogP contribution is -2.40. The summed E-state index contributed by atoms with van der Waals surface area (Å²) < 4.78 is 13.1. The molecule has 10 heteroatoms. The molecule has 0 N–H and O–H groups in total. The third-order valence-corrected chi connectivity index (χ3v) is 6.99. The molecule has 0 saturated carbocycles. The van der Waals surface area contributed by atoms with Crippen LogP contribution in [0.3, 0.4) is 0 Å². The number of aromatic nitrogens is 2. The summed E-state index contributed by atoms with van der Waals surface area (Å²) in [4.78, 5) is 33.9. The van der Waals surface area contributed by atoms with E-state index >= 15 is 0 Å². The number of nitrogens with zero attached hydrogens (tertiary/aromatic N) is 4. The molecule has 5 rings (SSSR count). The Kier molecular flexibility index (Phi) is 12.6. The van der Waals surface area contributed by atoms with Crippen molar-refractivity contribution >= 4 is 41.5 Å². The van der Waals surface area contributed by atoms with Gasteiger partial charge in [0, 0.05) is 68.8 Å². The van der Waals surface area contributed by atoms with Crippen molar-refractivity contribution in [2.45, 2.75) is 19.5 Å². The zero-order valence-electron chi connectivity index (χ0n) is 22.9. The van der Waals surface area contributed by atoms with Crippen LogP contribution in [0.25, 0.3) is 10.8 Å². The van der Waals surface area contributed by atoms with Gasteiger partial charge in [-0.15, -0.1) is 24.8 Å². The van der Waals surface area contributed by atoms with E-state index in [1.807, 2.05) is 77.8 Å². The molecule has 1 saturated heterocycles. The number of fused-ring (bicyclic) bond motifs is 1. The lowest BCUT2D eigenvalue weighted by Gasteiger charge is -2.26. The topological polar surface area (TPSA) is 76.9 Å². The molecule has 3 heterocycles. The Balaban J connectivity index is 0.00000231. The molecule has 1 aliphatic rings. The number of carbonyl (C=O) groups is 1. The highest BCUT2D eigenvalue weighted by molar-refractivity contribution is 5.94. The van der Waals surface area contributed by atoms with E-state index in [0.717, 1.165) is 42.6 Å². The molecule has 0 bridgehead atoms. The Morgan fingerprint density at radius 1 is 0.927 bits per heavy atom. The Morgan fingerprint density at radius 3 is 2.41 bits per heavy atom. The standard InChI is InChI=1S/C31H34N4O4.2ClH/c36-30(35-19-22-38-23-20-35)27-6-8-28(9-7-27)39-21-3-15-33(24-25-10-13-32-14-11-25)17-18-34-16-12-26-4-1-2-5-29(26)31(34)37;;/h1-2,4-14,16H,3,15,17-24H2;2*1H. The Morgan fingerprint density at radius 2 is 1.66 bits per heavy atom. The van der Waals surface area contributed by atoms with Gasteiger partial charge in [-0.1, -0.05) is 18.2 Å². The molecule has 0 radical (unpaired) electrons. The predicted octanol–water partition coefficient (Wildman–Crippen LogP) is 4.68. The van der Waals surface area contributed by atoms with Crippen molar-refractivity contribution < 1.29 is 14.3 Å². The summed E-state index contributed by atoms with van der Waals surface area (Å²) in [6.07, 6.45) is 6.31. The molecule has 1 fully saturated rings. The monoisotopic (exact) mass is 598 g/mol. The number of ether oxygens (including phenoxy) is 2. The highest BCUT2D eigenvalue weighted by Gasteiger charge is 2.18. The van der Waals surface area contributed by atoms with E-state index in [4.69, 9.17) is 9.47 Å². The first-order valence-electron chi connectivity index (χ1n) is 13.5. The largest absolute Gasteiger partial charge is 0.494 e. The molecular formula is C31H36Cl2N4O4. The molecule has 2 aromatic carbocycles. The molecule has 2 aromatic heterocycles. The Hall–Kier alpha value is -3.43. The van der Waals surface area contributed by atoms with Gasteiger partial charge in [0.2, 0.25) is 0 Å². The average Bonchev–Trinajstić information content (AvgIpc) is 3.00. The molecule has 8 nitrogen and oxygen atoms in total. The van der Waals surface area contributed by atoms with E-state index in [-0.39, 0.29) is 36.3 Å². The van der Waals surface area contributed by atoms with E-state index in [0.29, 0.717) is 45.0 Å². The van der Waals surface area contributed by atoms with Gasteiger partial charge in [-0.05, 0) is 65.9 Å². The van der Waals surface area contributed by atoms with Crippen molar-refractivity contribution in [3.05, 3.63) is 107 Å². The Bertz CT molecular complexity index is 1430. The number of benzene rings is 2. The van der Waals surface area contributed by atoms with E-state index in [1.165, 1.54) is 5.56 Å². The summed E-state index contributed by atoms with van der Waals surface area (Å²) in [5.74, 6) is 0.777. The number of hydrogen-bond acceptors (Lipinski definition) is 6. The van der Waals surface area contributed by atoms with Gasteiger partial charge < -0.3 is 18.9 Å². The fourth-order valence-corrected chi connectivity index (χ4v) is 4.79. The van der Waals surface area contributed by atoms with Crippen LogP contribution < -0.4 is 10.3 Å². The van der Waals surface area contributed by atoms with Crippen LogP contribution in [0.5, 0.6) is 5.75 Å². The van der Waals surface area contributed by atoms with Crippen molar-refractivity contribution in [1.29, 1.82) is 0 Å². The minimum Gasteiger partial charge on any atom is -0.494 e. The molecule has 0 aliphatic carbocycles. The number of halogens is 2. The summed E-state index contributed by atoms with van der Waals surface area (Å²) in [7, 11) is 0. The summed E-state index contributed by atoms with van der Waals surface area (Å²) in [6, 6.07) is 21.1. The van der Waals surface area contributed by atoms with E-state index in [9.17, 15) is 9.59 Å². The number of carbonyl (C=O) groups excluding carboxylic acids is 1. The van der Waals surface area contributed by atoms with Crippen LogP contribution >= 0.6 is 24.8 Å². The summed E-state index contributed by atoms with van der Waals surface area (Å²) in [6.45, 7) is 5.91. The minimum atomic E-state index is 0. The fraction of sp³-hybridized carbons (Fsp3) is 0.323. The van der Waals surface area contributed by atoms with Crippen molar-refractivity contribution in [3.63, 3.8) is 0 Å². The van der Waals surface area contributed by atoms with Gasteiger partial charge in [-0.3, -0.25) is 19.5 Å².